The highest BCUT2D eigenvalue weighted by Gasteiger charge is 2.31. The molecule has 0 bridgehead atoms. The van der Waals surface area contributed by atoms with Gasteiger partial charge in [0.2, 0.25) is 16.2 Å². The molecule has 9 nitrogen and oxygen atoms in total. The molecule has 1 aliphatic rings. The van der Waals surface area contributed by atoms with E-state index < -0.39 is 12.3 Å². The van der Waals surface area contributed by atoms with E-state index in [4.69, 9.17) is 0 Å². The number of amides is 1. The van der Waals surface area contributed by atoms with Crippen LogP contribution in [0, 0.1) is 6.92 Å². The zero-order valence-corrected chi connectivity index (χ0v) is 18.3. The molecule has 174 valence electrons. The number of anilines is 3. The maximum absolute atomic E-state index is 12.4. The third kappa shape index (κ3) is 6.51. The smallest absolute Gasteiger partial charge is 0.406 e. The van der Waals surface area contributed by atoms with Crippen LogP contribution in [0.3, 0.4) is 0 Å². The highest BCUT2D eigenvalue weighted by molar-refractivity contribution is 7.19. The highest BCUT2D eigenvalue weighted by Crippen LogP contribution is 2.26. The third-order valence-electron chi connectivity index (χ3n) is 4.79. The number of carbonyl (C=O) groups is 1. The zero-order chi connectivity index (χ0) is 23.4. The van der Waals surface area contributed by atoms with Crippen LogP contribution in [0.1, 0.15) is 17.7 Å². The summed E-state index contributed by atoms with van der Waals surface area (Å²) in [5, 5.41) is 23.1. The van der Waals surface area contributed by atoms with Crippen molar-refractivity contribution in [2.75, 3.05) is 28.6 Å². The SMILES string of the molecule is Cc1ccc(N2CC[C@@H](Nc3nnc(NC(=O)Cc4cccc(OC(F)(F)F)c4)s3)C2)nn1. The molecule has 1 saturated heterocycles. The lowest BCUT2D eigenvalue weighted by Gasteiger charge is -2.16. The van der Waals surface area contributed by atoms with Crippen LogP contribution in [0.5, 0.6) is 5.75 Å². The van der Waals surface area contributed by atoms with Crippen molar-refractivity contribution >= 4 is 33.3 Å². The van der Waals surface area contributed by atoms with Crippen LogP contribution < -0.4 is 20.3 Å². The Kier molecular flexibility index (Phi) is 6.58. The van der Waals surface area contributed by atoms with Gasteiger partial charge in [0, 0.05) is 19.1 Å². The van der Waals surface area contributed by atoms with Crippen LogP contribution in [0.2, 0.25) is 0 Å². The van der Waals surface area contributed by atoms with Crippen LogP contribution in [0.25, 0.3) is 0 Å². The number of hydrogen-bond acceptors (Lipinski definition) is 9. The third-order valence-corrected chi connectivity index (χ3v) is 5.56. The minimum atomic E-state index is -4.79. The van der Waals surface area contributed by atoms with E-state index in [1.54, 1.807) is 6.07 Å². The summed E-state index contributed by atoms with van der Waals surface area (Å²) < 4.78 is 41.0. The Balaban J connectivity index is 1.28. The molecular weight excluding hydrogens is 459 g/mol. The number of halogens is 3. The molecule has 3 aromatic rings. The van der Waals surface area contributed by atoms with Crippen molar-refractivity contribution in [1.29, 1.82) is 0 Å². The lowest BCUT2D eigenvalue weighted by Crippen LogP contribution is -2.26. The van der Waals surface area contributed by atoms with Gasteiger partial charge in [-0.3, -0.25) is 4.79 Å². The number of hydrogen-bond donors (Lipinski definition) is 2. The lowest BCUT2D eigenvalue weighted by atomic mass is 10.1. The second-order valence-corrected chi connectivity index (χ2v) is 8.42. The van der Waals surface area contributed by atoms with Crippen LogP contribution >= 0.6 is 11.3 Å². The highest BCUT2D eigenvalue weighted by atomic mass is 32.1. The number of aryl methyl sites for hydroxylation is 1. The molecular formula is C20H20F3N7O2S. The number of aromatic nitrogens is 4. The largest absolute Gasteiger partial charge is 0.573 e. The van der Waals surface area contributed by atoms with Gasteiger partial charge < -0.3 is 20.3 Å². The van der Waals surface area contributed by atoms with Gasteiger partial charge in [-0.15, -0.1) is 28.5 Å². The van der Waals surface area contributed by atoms with Crippen molar-refractivity contribution in [3.05, 3.63) is 47.7 Å². The summed E-state index contributed by atoms with van der Waals surface area (Å²) in [6.07, 6.45) is -4.04. The van der Waals surface area contributed by atoms with Crippen molar-refractivity contribution < 1.29 is 22.7 Å². The summed E-state index contributed by atoms with van der Waals surface area (Å²) in [5.41, 5.74) is 1.24. The normalized spacial score (nSPS) is 16.0. The van der Waals surface area contributed by atoms with E-state index in [0.717, 1.165) is 31.0 Å². The number of alkyl halides is 3. The van der Waals surface area contributed by atoms with Crippen molar-refractivity contribution in [1.82, 2.24) is 20.4 Å². The number of carbonyl (C=O) groups excluding carboxylic acids is 1. The van der Waals surface area contributed by atoms with Gasteiger partial charge in [-0.05, 0) is 43.2 Å². The van der Waals surface area contributed by atoms with Crippen LogP contribution in [-0.2, 0) is 11.2 Å². The van der Waals surface area contributed by atoms with E-state index in [1.807, 2.05) is 19.1 Å². The predicted molar refractivity (Wildman–Crippen MR) is 116 cm³/mol. The number of nitrogens with one attached hydrogen (secondary N) is 2. The van der Waals surface area contributed by atoms with Crippen molar-refractivity contribution in [2.45, 2.75) is 32.2 Å². The Morgan fingerprint density at radius 1 is 1.18 bits per heavy atom. The lowest BCUT2D eigenvalue weighted by molar-refractivity contribution is -0.274. The number of rotatable bonds is 7. The molecule has 3 heterocycles. The summed E-state index contributed by atoms with van der Waals surface area (Å²) in [5.74, 6) is 0.0177. The van der Waals surface area contributed by atoms with Gasteiger partial charge in [0.25, 0.3) is 0 Å². The van der Waals surface area contributed by atoms with E-state index in [2.05, 4.69) is 40.7 Å². The minimum Gasteiger partial charge on any atom is -0.406 e. The molecule has 13 heteroatoms. The molecule has 1 fully saturated rings. The second kappa shape index (κ2) is 9.57. The summed E-state index contributed by atoms with van der Waals surface area (Å²) in [6.45, 7) is 3.45. The zero-order valence-electron chi connectivity index (χ0n) is 17.5. The van der Waals surface area contributed by atoms with Crippen LogP contribution in [-0.4, -0.2) is 51.8 Å². The first kappa shape index (κ1) is 22.7. The number of benzene rings is 1. The predicted octanol–water partition coefficient (Wildman–Crippen LogP) is 3.41. The number of ether oxygens (including phenoxy) is 1. The molecule has 1 atom stereocenters. The molecule has 1 aromatic carbocycles. The monoisotopic (exact) mass is 479 g/mol. The van der Waals surface area contributed by atoms with E-state index in [-0.39, 0.29) is 18.2 Å². The van der Waals surface area contributed by atoms with Gasteiger partial charge in [-0.1, -0.05) is 23.5 Å². The Hall–Kier alpha value is -3.48. The quantitative estimate of drug-likeness (QED) is 0.531. The molecule has 33 heavy (non-hydrogen) atoms. The second-order valence-electron chi connectivity index (χ2n) is 7.44. The standard InChI is InChI=1S/C20H20F3N7O2S/c1-12-5-6-16(27-26-12)30-8-7-14(11-30)24-18-28-29-19(33-18)25-17(31)10-13-3-2-4-15(9-13)32-20(21,22)23/h2-6,9,14H,7-8,10-11H2,1H3,(H,24,28)(H,25,29,31)/t14-/m1/s1. The summed E-state index contributed by atoms with van der Waals surface area (Å²) >= 11 is 1.18. The van der Waals surface area contributed by atoms with Gasteiger partial charge in [0.05, 0.1) is 12.1 Å². The fraction of sp³-hybridized carbons (Fsp3) is 0.350. The molecule has 0 unspecified atom stereocenters. The topological polar surface area (TPSA) is 105 Å². The molecule has 0 saturated carbocycles. The maximum Gasteiger partial charge on any atom is 0.573 e. The minimum absolute atomic E-state index is 0.132. The molecule has 1 aliphatic heterocycles. The van der Waals surface area contributed by atoms with Gasteiger partial charge in [0.15, 0.2) is 5.82 Å². The molecule has 2 N–H and O–H groups in total. The molecule has 4 rings (SSSR count). The van der Waals surface area contributed by atoms with E-state index >= 15 is 0 Å². The fourth-order valence-corrected chi connectivity index (χ4v) is 4.09. The van der Waals surface area contributed by atoms with Crippen molar-refractivity contribution in [3.63, 3.8) is 0 Å². The van der Waals surface area contributed by atoms with Crippen LogP contribution in [0.15, 0.2) is 36.4 Å². The Bertz CT molecular complexity index is 1110. The molecule has 0 spiro atoms. The Morgan fingerprint density at radius 2 is 2.00 bits per heavy atom. The van der Waals surface area contributed by atoms with E-state index in [0.29, 0.717) is 15.8 Å². The molecule has 0 aliphatic carbocycles. The van der Waals surface area contributed by atoms with Gasteiger partial charge in [-0.25, -0.2) is 0 Å². The first-order valence-electron chi connectivity index (χ1n) is 10.0. The number of nitrogens with zero attached hydrogens (tertiary/aromatic N) is 5. The maximum atomic E-state index is 12.4. The van der Waals surface area contributed by atoms with Crippen molar-refractivity contribution in [3.8, 4) is 5.75 Å². The molecule has 0 radical (unpaired) electrons. The van der Waals surface area contributed by atoms with Crippen molar-refractivity contribution in [2.24, 2.45) is 0 Å². The van der Waals surface area contributed by atoms with Gasteiger partial charge in [-0.2, -0.15) is 5.10 Å². The van der Waals surface area contributed by atoms with E-state index in [9.17, 15) is 18.0 Å². The summed E-state index contributed by atoms with van der Waals surface area (Å²) in [4.78, 5) is 14.4. The van der Waals surface area contributed by atoms with Crippen LogP contribution in [0.4, 0.5) is 29.3 Å². The van der Waals surface area contributed by atoms with Gasteiger partial charge in [0.1, 0.15) is 5.75 Å². The fourth-order valence-electron chi connectivity index (χ4n) is 3.35. The van der Waals surface area contributed by atoms with E-state index in [1.165, 1.54) is 29.5 Å². The average molecular weight is 479 g/mol. The molecule has 1 amide bonds. The molecule has 2 aromatic heterocycles. The first-order valence-corrected chi connectivity index (χ1v) is 10.8. The Labute approximate surface area is 191 Å². The average Bonchev–Trinajstić information content (AvgIpc) is 3.37. The van der Waals surface area contributed by atoms with Gasteiger partial charge >= 0.3 is 6.36 Å². The summed E-state index contributed by atoms with van der Waals surface area (Å²) in [6, 6.07) is 9.28. The first-order chi connectivity index (χ1) is 15.7. The summed E-state index contributed by atoms with van der Waals surface area (Å²) in [7, 11) is 0. The Morgan fingerprint density at radius 3 is 2.76 bits per heavy atom.